The number of piperidine rings is 1. The van der Waals surface area contributed by atoms with Gasteiger partial charge in [0, 0.05) is 0 Å². The fourth-order valence-electron chi connectivity index (χ4n) is 3.01. The van der Waals surface area contributed by atoms with Crippen molar-refractivity contribution in [3.8, 4) is 0 Å². The fraction of sp³-hybridized carbons (Fsp3) is 1.00. The van der Waals surface area contributed by atoms with Gasteiger partial charge in [0.1, 0.15) is 0 Å². The van der Waals surface area contributed by atoms with Gasteiger partial charge in [-0.3, -0.25) is 4.55 Å². The number of nitrogens with zero attached hydrogens (tertiary/aromatic N) is 1. The number of rotatable bonds is 11. The van der Waals surface area contributed by atoms with E-state index in [0.29, 0.717) is 6.26 Å². The molecule has 1 rings (SSSR count). The highest BCUT2D eigenvalue weighted by Crippen LogP contribution is 2.12. The van der Waals surface area contributed by atoms with Gasteiger partial charge in [0.15, 0.2) is 0 Å². The van der Waals surface area contributed by atoms with Crippen molar-refractivity contribution in [2.75, 3.05) is 25.9 Å². The Morgan fingerprint density at radius 2 is 1.17 bits per heavy atom. The maximum Gasteiger partial charge on any atom is 0.261 e. The predicted octanol–water partition coefficient (Wildman–Crippen LogP) is 4.90. The third kappa shape index (κ3) is 21.9. The first kappa shape index (κ1) is 22.9. The van der Waals surface area contributed by atoms with Crippen LogP contribution in [0.1, 0.15) is 90.4 Å². The molecule has 5 heteroatoms. The van der Waals surface area contributed by atoms with Crippen LogP contribution in [0, 0.1) is 0 Å². The first-order chi connectivity index (χ1) is 10.9. The predicted molar refractivity (Wildman–Crippen MR) is 99.6 cm³/mol. The summed E-state index contributed by atoms with van der Waals surface area (Å²) in [6, 6.07) is 0. The Balaban J connectivity index is 0.000000841. The Hall–Kier alpha value is -0.130. The summed E-state index contributed by atoms with van der Waals surface area (Å²) in [6.07, 6.45) is 19.6. The van der Waals surface area contributed by atoms with Gasteiger partial charge < -0.3 is 4.90 Å². The van der Waals surface area contributed by atoms with Gasteiger partial charge in [0.2, 0.25) is 0 Å². The molecule has 1 saturated heterocycles. The Kier molecular flexibility index (Phi) is 15.3. The van der Waals surface area contributed by atoms with Crippen LogP contribution in [0.2, 0.25) is 0 Å². The molecular weight excluding hydrogens is 310 g/mol. The average Bonchev–Trinajstić information content (AvgIpc) is 2.48. The second-order valence-electron chi connectivity index (χ2n) is 6.82. The van der Waals surface area contributed by atoms with Crippen molar-refractivity contribution in [1.29, 1.82) is 0 Å². The molecule has 0 unspecified atom stereocenters. The van der Waals surface area contributed by atoms with Crippen LogP contribution >= 0.6 is 0 Å². The summed E-state index contributed by atoms with van der Waals surface area (Å²) in [7, 11) is -3.67. The Labute approximate surface area is 144 Å². The molecule has 0 saturated carbocycles. The van der Waals surface area contributed by atoms with Gasteiger partial charge in [-0.1, -0.05) is 71.1 Å². The minimum Gasteiger partial charge on any atom is -0.303 e. The molecule has 23 heavy (non-hydrogen) atoms. The molecule has 1 aliphatic rings. The maximum absolute atomic E-state index is 9.19. The molecule has 0 aromatic heterocycles. The van der Waals surface area contributed by atoms with E-state index in [9.17, 15) is 8.42 Å². The van der Waals surface area contributed by atoms with Crippen LogP contribution in [0.15, 0.2) is 0 Å². The SMILES string of the molecule is CCCCCCCCCCCCN1CCCCC1.CS(=O)(=O)O. The van der Waals surface area contributed by atoms with Gasteiger partial charge >= 0.3 is 0 Å². The second kappa shape index (κ2) is 15.4. The van der Waals surface area contributed by atoms with Crippen molar-refractivity contribution in [2.45, 2.75) is 90.4 Å². The van der Waals surface area contributed by atoms with Crippen molar-refractivity contribution in [1.82, 2.24) is 4.90 Å². The zero-order valence-corrected chi connectivity index (χ0v) is 16.2. The van der Waals surface area contributed by atoms with Crippen LogP contribution < -0.4 is 0 Å². The van der Waals surface area contributed by atoms with Crippen LogP contribution in [0.25, 0.3) is 0 Å². The molecule has 0 atom stereocenters. The monoisotopic (exact) mass is 349 g/mol. The normalized spacial score (nSPS) is 16.0. The molecule has 1 aliphatic heterocycles. The minimum atomic E-state index is -3.67. The summed E-state index contributed by atoms with van der Waals surface area (Å²) in [6.45, 7) is 6.41. The van der Waals surface area contributed by atoms with Crippen LogP contribution in [-0.2, 0) is 10.1 Å². The van der Waals surface area contributed by atoms with Gasteiger partial charge in [-0.25, -0.2) is 0 Å². The number of hydrogen-bond acceptors (Lipinski definition) is 3. The summed E-state index contributed by atoms with van der Waals surface area (Å²) in [5.41, 5.74) is 0. The van der Waals surface area contributed by atoms with Crippen LogP contribution in [-0.4, -0.2) is 43.8 Å². The van der Waals surface area contributed by atoms with Crippen LogP contribution in [0.5, 0.6) is 0 Å². The second-order valence-corrected chi connectivity index (χ2v) is 8.28. The Morgan fingerprint density at radius 1 is 0.783 bits per heavy atom. The van der Waals surface area contributed by atoms with E-state index >= 15 is 0 Å². The fourth-order valence-corrected chi connectivity index (χ4v) is 3.01. The van der Waals surface area contributed by atoms with E-state index in [4.69, 9.17) is 4.55 Å². The largest absolute Gasteiger partial charge is 0.303 e. The van der Waals surface area contributed by atoms with Crippen molar-refractivity contribution in [2.24, 2.45) is 0 Å². The van der Waals surface area contributed by atoms with E-state index in [0.717, 1.165) is 0 Å². The molecule has 1 N–H and O–H groups in total. The van der Waals surface area contributed by atoms with Crippen molar-refractivity contribution in [3.05, 3.63) is 0 Å². The lowest BCUT2D eigenvalue weighted by Crippen LogP contribution is -2.30. The smallest absolute Gasteiger partial charge is 0.261 e. The third-order valence-electron chi connectivity index (χ3n) is 4.28. The molecule has 0 bridgehead atoms. The van der Waals surface area contributed by atoms with E-state index in [-0.39, 0.29) is 0 Å². The lowest BCUT2D eigenvalue weighted by Gasteiger charge is -2.26. The quantitative estimate of drug-likeness (QED) is 0.426. The molecule has 0 aliphatic carbocycles. The summed E-state index contributed by atoms with van der Waals surface area (Å²) >= 11 is 0. The molecule has 0 amide bonds. The maximum atomic E-state index is 9.19. The van der Waals surface area contributed by atoms with Crippen molar-refractivity contribution in [3.63, 3.8) is 0 Å². The zero-order chi connectivity index (χ0) is 17.4. The van der Waals surface area contributed by atoms with Gasteiger partial charge in [-0.2, -0.15) is 8.42 Å². The lowest BCUT2D eigenvalue weighted by molar-refractivity contribution is 0.224. The van der Waals surface area contributed by atoms with Gasteiger partial charge in [0.05, 0.1) is 6.26 Å². The van der Waals surface area contributed by atoms with E-state index in [1.54, 1.807) is 0 Å². The first-order valence-electron chi connectivity index (χ1n) is 9.58. The Morgan fingerprint density at radius 3 is 1.61 bits per heavy atom. The number of hydrogen-bond donors (Lipinski definition) is 1. The first-order valence-corrected chi connectivity index (χ1v) is 11.4. The summed E-state index contributed by atoms with van der Waals surface area (Å²) in [5, 5.41) is 0. The molecule has 140 valence electrons. The summed E-state index contributed by atoms with van der Waals surface area (Å²) in [5.74, 6) is 0. The molecule has 1 fully saturated rings. The molecule has 4 nitrogen and oxygen atoms in total. The van der Waals surface area contributed by atoms with E-state index in [1.807, 2.05) is 0 Å². The van der Waals surface area contributed by atoms with Crippen LogP contribution in [0.4, 0.5) is 0 Å². The van der Waals surface area contributed by atoms with E-state index in [1.165, 1.54) is 103 Å². The molecule has 0 aromatic rings. The topological polar surface area (TPSA) is 57.6 Å². The minimum absolute atomic E-state index is 0.715. The van der Waals surface area contributed by atoms with Gasteiger partial charge in [0.25, 0.3) is 10.1 Å². The number of likely N-dealkylation sites (tertiary alicyclic amines) is 1. The van der Waals surface area contributed by atoms with E-state index < -0.39 is 10.1 Å². The molecule has 1 heterocycles. The molecular formula is C18H39NO3S. The highest BCUT2D eigenvalue weighted by atomic mass is 32.2. The van der Waals surface area contributed by atoms with Gasteiger partial charge in [-0.15, -0.1) is 0 Å². The van der Waals surface area contributed by atoms with Crippen LogP contribution in [0.3, 0.4) is 0 Å². The molecule has 0 spiro atoms. The highest BCUT2D eigenvalue weighted by Gasteiger charge is 2.08. The van der Waals surface area contributed by atoms with Gasteiger partial charge in [-0.05, 0) is 38.9 Å². The standard InChI is InChI=1S/C17H35N.CH4O3S/c1-2-3-4-5-6-7-8-9-10-12-15-18-16-13-11-14-17-18;1-5(2,3)4/h2-17H2,1H3;1H3,(H,2,3,4). The lowest BCUT2D eigenvalue weighted by atomic mass is 10.1. The molecule has 0 aromatic carbocycles. The summed E-state index contributed by atoms with van der Waals surface area (Å²) in [4.78, 5) is 2.67. The Bertz CT molecular complexity index is 330. The summed E-state index contributed by atoms with van der Waals surface area (Å²) < 4.78 is 25.9. The average molecular weight is 350 g/mol. The zero-order valence-electron chi connectivity index (χ0n) is 15.4. The third-order valence-corrected chi connectivity index (χ3v) is 4.28. The highest BCUT2D eigenvalue weighted by molar-refractivity contribution is 7.85. The number of unbranched alkanes of at least 4 members (excludes halogenated alkanes) is 9. The van der Waals surface area contributed by atoms with Crippen molar-refractivity contribution < 1.29 is 13.0 Å². The van der Waals surface area contributed by atoms with E-state index in [2.05, 4.69) is 11.8 Å². The molecule has 0 radical (unpaired) electrons. The van der Waals surface area contributed by atoms with Crippen molar-refractivity contribution >= 4 is 10.1 Å².